The van der Waals surface area contributed by atoms with Gasteiger partial charge in [-0.2, -0.15) is 0 Å². The van der Waals surface area contributed by atoms with Gasteiger partial charge in [-0.1, -0.05) is 0 Å². The molecule has 90 valence electrons. The van der Waals surface area contributed by atoms with Gasteiger partial charge in [0, 0.05) is 6.61 Å². The lowest BCUT2D eigenvalue weighted by atomic mass is 9.49. The van der Waals surface area contributed by atoms with E-state index in [0.717, 1.165) is 37.5 Å². The Morgan fingerprint density at radius 3 is 2.44 bits per heavy atom. The number of hydrogen-bond donors (Lipinski definition) is 1. The molecule has 0 radical (unpaired) electrons. The minimum atomic E-state index is -0.628. The lowest BCUT2D eigenvalue weighted by molar-refractivity contribution is -0.211. The summed E-state index contributed by atoms with van der Waals surface area (Å²) < 4.78 is 5.94. The average molecular weight is 224 g/mol. The Hall–Kier alpha value is -0.570. The normalized spacial score (nSPS) is 49.6. The summed E-state index contributed by atoms with van der Waals surface area (Å²) in [4.78, 5) is 11.5. The standard InChI is InChI=1S/C13H20O3/c1-2-16-13-6-8-3-9(7-13)5-10(4-8)11(13)12(14)15/h8-11H,2-7H2,1H3,(H,14,15). The summed E-state index contributed by atoms with van der Waals surface area (Å²) in [5, 5.41) is 9.46. The first-order valence-corrected chi connectivity index (χ1v) is 6.51. The van der Waals surface area contributed by atoms with Crippen LogP contribution in [0, 0.1) is 23.7 Å². The molecule has 0 aromatic heterocycles. The van der Waals surface area contributed by atoms with Gasteiger partial charge in [-0.25, -0.2) is 0 Å². The molecule has 3 heteroatoms. The first kappa shape index (κ1) is 10.6. The third kappa shape index (κ3) is 1.33. The van der Waals surface area contributed by atoms with E-state index in [-0.39, 0.29) is 11.5 Å². The van der Waals surface area contributed by atoms with E-state index in [1.54, 1.807) is 0 Å². The highest BCUT2D eigenvalue weighted by Gasteiger charge is 2.60. The zero-order chi connectivity index (χ0) is 11.3. The van der Waals surface area contributed by atoms with E-state index >= 15 is 0 Å². The number of rotatable bonds is 3. The minimum Gasteiger partial charge on any atom is -0.481 e. The highest BCUT2D eigenvalue weighted by atomic mass is 16.5. The van der Waals surface area contributed by atoms with E-state index in [0.29, 0.717) is 12.5 Å². The molecule has 16 heavy (non-hydrogen) atoms. The van der Waals surface area contributed by atoms with Crippen molar-refractivity contribution in [2.75, 3.05) is 6.61 Å². The zero-order valence-electron chi connectivity index (χ0n) is 9.82. The number of carboxylic acids is 1. The Morgan fingerprint density at radius 2 is 1.94 bits per heavy atom. The van der Waals surface area contributed by atoms with E-state index < -0.39 is 5.97 Å². The molecular weight excluding hydrogens is 204 g/mol. The molecule has 0 spiro atoms. The number of carbonyl (C=O) groups is 1. The Kier molecular flexibility index (Phi) is 2.29. The maximum atomic E-state index is 11.5. The fourth-order valence-corrected chi connectivity index (χ4v) is 4.89. The third-order valence-electron chi connectivity index (χ3n) is 4.94. The molecule has 4 aliphatic carbocycles. The van der Waals surface area contributed by atoms with Crippen LogP contribution in [0.1, 0.15) is 39.0 Å². The maximum Gasteiger partial charge on any atom is 0.309 e. The molecule has 0 aliphatic heterocycles. The van der Waals surface area contributed by atoms with Gasteiger partial charge in [0.05, 0.1) is 11.5 Å². The second kappa shape index (κ2) is 3.46. The van der Waals surface area contributed by atoms with Crippen molar-refractivity contribution < 1.29 is 14.6 Å². The quantitative estimate of drug-likeness (QED) is 0.800. The predicted molar refractivity (Wildman–Crippen MR) is 59.0 cm³/mol. The van der Waals surface area contributed by atoms with Crippen LogP contribution in [0.4, 0.5) is 0 Å². The van der Waals surface area contributed by atoms with Crippen molar-refractivity contribution in [1.29, 1.82) is 0 Å². The number of hydrogen-bond acceptors (Lipinski definition) is 2. The number of carboxylic acid groups (broad SMARTS) is 1. The SMILES string of the molecule is CCOC12CC3CC(CC(C3)C1C(=O)O)C2. The summed E-state index contributed by atoms with van der Waals surface area (Å²) in [5.41, 5.74) is -0.310. The summed E-state index contributed by atoms with van der Waals surface area (Å²) >= 11 is 0. The maximum absolute atomic E-state index is 11.5. The molecule has 4 saturated carbocycles. The van der Waals surface area contributed by atoms with Gasteiger partial charge in [0.15, 0.2) is 0 Å². The van der Waals surface area contributed by atoms with Gasteiger partial charge in [0.1, 0.15) is 0 Å². The van der Waals surface area contributed by atoms with Crippen LogP contribution in [0.2, 0.25) is 0 Å². The minimum absolute atomic E-state index is 0.236. The molecule has 0 aromatic carbocycles. The van der Waals surface area contributed by atoms with Gasteiger partial charge in [0.2, 0.25) is 0 Å². The molecule has 4 rings (SSSR count). The largest absolute Gasteiger partial charge is 0.481 e. The van der Waals surface area contributed by atoms with Crippen LogP contribution < -0.4 is 0 Å². The van der Waals surface area contributed by atoms with Crippen molar-refractivity contribution in [2.45, 2.75) is 44.6 Å². The van der Waals surface area contributed by atoms with Gasteiger partial charge < -0.3 is 9.84 Å². The highest BCUT2D eigenvalue weighted by molar-refractivity contribution is 5.72. The van der Waals surface area contributed by atoms with Crippen molar-refractivity contribution in [2.24, 2.45) is 23.7 Å². The highest BCUT2D eigenvalue weighted by Crippen LogP contribution is 2.59. The van der Waals surface area contributed by atoms with Crippen molar-refractivity contribution in [1.82, 2.24) is 0 Å². The monoisotopic (exact) mass is 224 g/mol. The number of ether oxygens (including phenoxy) is 1. The molecule has 4 aliphatic rings. The van der Waals surface area contributed by atoms with Crippen molar-refractivity contribution in [3.63, 3.8) is 0 Å². The van der Waals surface area contributed by atoms with Crippen LogP contribution in [0.15, 0.2) is 0 Å². The molecule has 3 unspecified atom stereocenters. The smallest absolute Gasteiger partial charge is 0.309 e. The van der Waals surface area contributed by atoms with E-state index in [4.69, 9.17) is 4.74 Å². The summed E-state index contributed by atoms with van der Waals surface area (Å²) in [6.07, 6.45) is 5.55. The van der Waals surface area contributed by atoms with Crippen LogP contribution in [-0.4, -0.2) is 23.3 Å². The van der Waals surface area contributed by atoms with E-state index in [9.17, 15) is 9.90 Å². The third-order valence-corrected chi connectivity index (χ3v) is 4.94. The summed E-state index contributed by atoms with van der Waals surface area (Å²) in [7, 11) is 0. The van der Waals surface area contributed by atoms with Crippen molar-refractivity contribution in [3.05, 3.63) is 0 Å². The van der Waals surface area contributed by atoms with E-state index in [1.165, 1.54) is 6.42 Å². The molecule has 3 atom stereocenters. The van der Waals surface area contributed by atoms with Crippen LogP contribution in [0.5, 0.6) is 0 Å². The topological polar surface area (TPSA) is 46.5 Å². The molecule has 4 fully saturated rings. The molecule has 0 amide bonds. The Labute approximate surface area is 96.2 Å². The van der Waals surface area contributed by atoms with Crippen LogP contribution >= 0.6 is 0 Å². The fourth-order valence-electron chi connectivity index (χ4n) is 4.89. The molecule has 0 heterocycles. The van der Waals surface area contributed by atoms with Gasteiger partial charge in [-0.3, -0.25) is 4.79 Å². The van der Waals surface area contributed by atoms with Crippen LogP contribution in [0.25, 0.3) is 0 Å². The Morgan fingerprint density at radius 1 is 1.31 bits per heavy atom. The summed E-state index contributed by atoms with van der Waals surface area (Å²) in [6.45, 7) is 2.63. The molecule has 4 bridgehead atoms. The first-order valence-electron chi connectivity index (χ1n) is 6.51. The van der Waals surface area contributed by atoms with Gasteiger partial charge in [-0.15, -0.1) is 0 Å². The average Bonchev–Trinajstić information content (AvgIpc) is 2.14. The van der Waals surface area contributed by atoms with Gasteiger partial charge >= 0.3 is 5.97 Å². The van der Waals surface area contributed by atoms with Gasteiger partial charge in [0.25, 0.3) is 0 Å². The Bertz CT molecular complexity index is 298. The van der Waals surface area contributed by atoms with Crippen molar-refractivity contribution in [3.8, 4) is 0 Å². The molecule has 3 nitrogen and oxygen atoms in total. The van der Waals surface area contributed by atoms with E-state index in [2.05, 4.69) is 0 Å². The lowest BCUT2D eigenvalue weighted by Gasteiger charge is -2.59. The summed E-state index contributed by atoms with van der Waals surface area (Å²) in [5.74, 6) is 0.993. The predicted octanol–water partition coefficient (Wildman–Crippen LogP) is 2.30. The molecule has 1 N–H and O–H groups in total. The molecular formula is C13H20O3. The second-order valence-corrected chi connectivity index (χ2v) is 5.92. The van der Waals surface area contributed by atoms with Crippen LogP contribution in [-0.2, 0) is 9.53 Å². The fraction of sp³-hybridized carbons (Fsp3) is 0.923. The number of aliphatic carboxylic acids is 1. The summed E-state index contributed by atoms with van der Waals surface area (Å²) in [6, 6.07) is 0. The molecule has 0 saturated heterocycles. The zero-order valence-corrected chi connectivity index (χ0v) is 9.82. The van der Waals surface area contributed by atoms with E-state index in [1.807, 2.05) is 6.92 Å². The van der Waals surface area contributed by atoms with Crippen molar-refractivity contribution >= 4 is 5.97 Å². The van der Waals surface area contributed by atoms with Crippen LogP contribution in [0.3, 0.4) is 0 Å². The molecule has 0 aromatic rings. The van der Waals surface area contributed by atoms with Gasteiger partial charge in [-0.05, 0) is 56.8 Å². The first-order chi connectivity index (χ1) is 7.64. The Balaban J connectivity index is 1.95. The second-order valence-electron chi connectivity index (χ2n) is 5.92. The lowest BCUT2D eigenvalue weighted by Crippen LogP contribution is -2.60.